The Kier molecular flexibility index (Phi) is 3.77. The van der Waals surface area contributed by atoms with Crippen molar-refractivity contribution in [2.45, 2.75) is 12.4 Å². The summed E-state index contributed by atoms with van der Waals surface area (Å²) in [6, 6.07) is 8.32. The first-order chi connectivity index (χ1) is 8.99. The fraction of sp³-hybridized carbons (Fsp3) is 0.167. The quantitative estimate of drug-likeness (QED) is 0.663. The zero-order chi connectivity index (χ0) is 13.9. The maximum atomic E-state index is 12.1. The van der Waals surface area contributed by atoms with Gasteiger partial charge < -0.3 is 9.15 Å². The van der Waals surface area contributed by atoms with Crippen molar-refractivity contribution in [2.75, 3.05) is 0 Å². The van der Waals surface area contributed by atoms with Crippen LogP contribution < -0.4 is 16.0 Å². The SMILES string of the molecule is NNC(c1cccc(OC(F)(F)F)c1)c1ccco1. The van der Waals surface area contributed by atoms with Crippen molar-refractivity contribution >= 4 is 0 Å². The average Bonchev–Trinajstić information content (AvgIpc) is 2.82. The van der Waals surface area contributed by atoms with Crippen LogP contribution >= 0.6 is 0 Å². The summed E-state index contributed by atoms with van der Waals surface area (Å²) in [6.45, 7) is 0. The summed E-state index contributed by atoms with van der Waals surface area (Å²) in [6.07, 6.45) is -3.27. The maximum Gasteiger partial charge on any atom is 0.573 e. The molecule has 0 bridgehead atoms. The molecule has 0 aliphatic heterocycles. The summed E-state index contributed by atoms with van der Waals surface area (Å²) >= 11 is 0. The minimum absolute atomic E-state index is 0.309. The summed E-state index contributed by atoms with van der Waals surface area (Å²) in [5, 5.41) is 0. The normalized spacial score (nSPS) is 13.3. The van der Waals surface area contributed by atoms with Gasteiger partial charge in [0, 0.05) is 0 Å². The molecule has 7 heteroatoms. The van der Waals surface area contributed by atoms with Crippen LogP contribution in [0, 0.1) is 0 Å². The predicted molar refractivity (Wildman–Crippen MR) is 61.0 cm³/mol. The summed E-state index contributed by atoms with van der Waals surface area (Å²) in [5.74, 6) is 5.58. The molecule has 2 aromatic rings. The van der Waals surface area contributed by atoms with Gasteiger partial charge in [-0.1, -0.05) is 12.1 Å². The predicted octanol–water partition coefficient (Wildman–Crippen LogP) is 2.73. The second-order valence-electron chi connectivity index (χ2n) is 3.74. The van der Waals surface area contributed by atoms with Crippen molar-refractivity contribution in [3.8, 4) is 5.75 Å². The number of hydrogen-bond acceptors (Lipinski definition) is 4. The fourth-order valence-corrected chi connectivity index (χ4v) is 1.69. The van der Waals surface area contributed by atoms with E-state index in [1.54, 1.807) is 18.2 Å². The highest BCUT2D eigenvalue weighted by atomic mass is 19.4. The van der Waals surface area contributed by atoms with E-state index in [1.165, 1.54) is 24.5 Å². The number of hydrogen-bond donors (Lipinski definition) is 2. The first kappa shape index (κ1) is 13.4. The number of hydrazine groups is 1. The van der Waals surface area contributed by atoms with Crippen LogP contribution in [0.1, 0.15) is 17.4 Å². The van der Waals surface area contributed by atoms with Gasteiger partial charge in [-0.05, 0) is 29.8 Å². The van der Waals surface area contributed by atoms with Gasteiger partial charge in [-0.3, -0.25) is 5.84 Å². The van der Waals surface area contributed by atoms with Crippen molar-refractivity contribution in [3.05, 3.63) is 54.0 Å². The van der Waals surface area contributed by atoms with Crippen LogP contribution in [0.5, 0.6) is 5.75 Å². The van der Waals surface area contributed by atoms with E-state index in [0.717, 1.165) is 0 Å². The van der Waals surface area contributed by atoms with Crippen molar-refractivity contribution in [2.24, 2.45) is 5.84 Å². The number of ether oxygens (including phenoxy) is 1. The lowest BCUT2D eigenvalue weighted by Gasteiger charge is -2.15. The van der Waals surface area contributed by atoms with E-state index in [-0.39, 0.29) is 5.75 Å². The molecule has 3 N–H and O–H groups in total. The molecule has 1 aromatic carbocycles. The minimum atomic E-state index is -4.73. The lowest BCUT2D eigenvalue weighted by atomic mass is 10.1. The van der Waals surface area contributed by atoms with Gasteiger partial charge in [0.1, 0.15) is 17.6 Å². The summed E-state index contributed by atoms with van der Waals surface area (Å²) in [4.78, 5) is 0. The highest BCUT2D eigenvalue weighted by molar-refractivity contribution is 5.34. The van der Waals surface area contributed by atoms with Gasteiger partial charge in [0.2, 0.25) is 0 Å². The molecule has 2 rings (SSSR count). The number of furan rings is 1. The standard InChI is InChI=1S/C12H11F3N2O2/c13-12(14,15)19-9-4-1-3-8(7-9)11(17-16)10-5-2-6-18-10/h1-7,11,17H,16H2. The molecule has 1 heterocycles. The second kappa shape index (κ2) is 5.33. The number of rotatable bonds is 4. The van der Waals surface area contributed by atoms with E-state index in [1.807, 2.05) is 0 Å². The first-order valence-electron chi connectivity index (χ1n) is 5.35. The Bertz CT molecular complexity index is 526. The third kappa shape index (κ3) is 3.49. The third-order valence-electron chi connectivity index (χ3n) is 2.42. The molecule has 1 atom stereocenters. The molecular formula is C12H11F3N2O2. The zero-order valence-corrected chi connectivity index (χ0v) is 9.65. The van der Waals surface area contributed by atoms with Crippen LogP contribution in [-0.4, -0.2) is 6.36 Å². The smallest absolute Gasteiger partial charge is 0.467 e. The van der Waals surface area contributed by atoms with Gasteiger partial charge in [0.05, 0.1) is 6.26 Å². The third-order valence-corrected chi connectivity index (χ3v) is 2.42. The summed E-state index contributed by atoms with van der Waals surface area (Å²) < 4.78 is 45.5. The molecule has 4 nitrogen and oxygen atoms in total. The lowest BCUT2D eigenvalue weighted by molar-refractivity contribution is -0.274. The van der Waals surface area contributed by atoms with Crippen molar-refractivity contribution in [1.82, 2.24) is 5.43 Å². The molecule has 1 aromatic heterocycles. The summed E-state index contributed by atoms with van der Waals surface area (Å²) in [7, 11) is 0. The van der Waals surface area contributed by atoms with Crippen molar-refractivity contribution < 1.29 is 22.3 Å². The number of halogens is 3. The molecule has 19 heavy (non-hydrogen) atoms. The largest absolute Gasteiger partial charge is 0.573 e. The molecule has 0 aliphatic rings. The molecule has 102 valence electrons. The van der Waals surface area contributed by atoms with E-state index < -0.39 is 12.4 Å². The van der Waals surface area contributed by atoms with Crippen LogP contribution in [0.15, 0.2) is 47.1 Å². The van der Waals surface area contributed by atoms with Gasteiger partial charge in [-0.2, -0.15) is 0 Å². The van der Waals surface area contributed by atoms with E-state index in [4.69, 9.17) is 10.3 Å². The molecule has 0 spiro atoms. The first-order valence-corrected chi connectivity index (χ1v) is 5.35. The van der Waals surface area contributed by atoms with Gasteiger partial charge >= 0.3 is 6.36 Å². The molecule has 0 fully saturated rings. The van der Waals surface area contributed by atoms with Crippen molar-refractivity contribution in [1.29, 1.82) is 0 Å². The van der Waals surface area contributed by atoms with Gasteiger partial charge in [0.25, 0.3) is 0 Å². The second-order valence-corrected chi connectivity index (χ2v) is 3.74. The van der Waals surface area contributed by atoms with Crippen molar-refractivity contribution in [3.63, 3.8) is 0 Å². The number of benzene rings is 1. The zero-order valence-electron chi connectivity index (χ0n) is 9.65. The van der Waals surface area contributed by atoms with Gasteiger partial charge in [-0.15, -0.1) is 13.2 Å². The highest BCUT2D eigenvalue weighted by Gasteiger charge is 2.31. The van der Waals surface area contributed by atoms with Crippen LogP contribution in [0.3, 0.4) is 0 Å². The van der Waals surface area contributed by atoms with E-state index in [0.29, 0.717) is 11.3 Å². The Balaban J connectivity index is 2.27. The molecule has 1 unspecified atom stereocenters. The lowest BCUT2D eigenvalue weighted by Crippen LogP contribution is -2.28. The fourth-order valence-electron chi connectivity index (χ4n) is 1.69. The average molecular weight is 272 g/mol. The molecule has 0 saturated carbocycles. The number of nitrogens with one attached hydrogen (secondary N) is 1. The molecule has 0 amide bonds. The van der Waals surface area contributed by atoms with Gasteiger partial charge in [-0.25, -0.2) is 5.43 Å². The van der Waals surface area contributed by atoms with Gasteiger partial charge in [0.15, 0.2) is 0 Å². The topological polar surface area (TPSA) is 60.4 Å². The van der Waals surface area contributed by atoms with Crippen LogP contribution in [0.2, 0.25) is 0 Å². The molecule has 0 saturated heterocycles. The maximum absolute atomic E-state index is 12.1. The number of alkyl halides is 3. The molecule has 0 radical (unpaired) electrons. The van der Waals surface area contributed by atoms with E-state index in [9.17, 15) is 13.2 Å². The Morgan fingerprint density at radius 3 is 2.58 bits per heavy atom. The minimum Gasteiger partial charge on any atom is -0.467 e. The van der Waals surface area contributed by atoms with Crippen LogP contribution in [-0.2, 0) is 0 Å². The Hall–Kier alpha value is -1.99. The summed E-state index contributed by atoms with van der Waals surface area (Å²) in [5.41, 5.74) is 2.98. The molecule has 0 aliphatic carbocycles. The Labute approximate surface area is 106 Å². The Morgan fingerprint density at radius 2 is 2.00 bits per heavy atom. The van der Waals surface area contributed by atoms with E-state index >= 15 is 0 Å². The van der Waals surface area contributed by atoms with Crippen LogP contribution in [0.4, 0.5) is 13.2 Å². The monoisotopic (exact) mass is 272 g/mol. The van der Waals surface area contributed by atoms with E-state index in [2.05, 4.69) is 10.2 Å². The Morgan fingerprint density at radius 1 is 1.21 bits per heavy atom. The highest BCUT2D eigenvalue weighted by Crippen LogP contribution is 2.28. The number of nitrogens with two attached hydrogens (primary N) is 1. The van der Waals surface area contributed by atoms with Crippen LogP contribution in [0.25, 0.3) is 0 Å². The molecular weight excluding hydrogens is 261 g/mol.